The molecule has 3 rings (SSSR count). The fourth-order valence-electron chi connectivity index (χ4n) is 2.62. The van der Waals surface area contributed by atoms with Gasteiger partial charge in [0.15, 0.2) is 0 Å². The normalized spacial score (nSPS) is 18.0. The minimum atomic E-state index is 0.0915. The summed E-state index contributed by atoms with van der Waals surface area (Å²) in [6.07, 6.45) is 7.18. The molecule has 1 N–H and O–H groups in total. The van der Waals surface area contributed by atoms with Gasteiger partial charge in [0, 0.05) is 33.5 Å². The van der Waals surface area contributed by atoms with E-state index in [9.17, 15) is 4.79 Å². The van der Waals surface area contributed by atoms with Gasteiger partial charge in [0.1, 0.15) is 0 Å². The van der Waals surface area contributed by atoms with Crippen LogP contribution in [-0.2, 0) is 4.79 Å². The van der Waals surface area contributed by atoms with Crippen LogP contribution in [0.3, 0.4) is 0 Å². The number of rotatable bonds is 6. The predicted octanol–water partition coefficient (Wildman–Crippen LogP) is 5.19. The third-order valence-corrected chi connectivity index (χ3v) is 7.30. The molecule has 1 aliphatic heterocycles. The van der Waals surface area contributed by atoms with Gasteiger partial charge in [0.2, 0.25) is 5.91 Å². The minimum Gasteiger partial charge on any atom is -0.273 e. The van der Waals surface area contributed by atoms with Crippen LogP contribution in [-0.4, -0.2) is 21.6 Å². The number of carbonyl (C=O) groups is 1. The number of benzene rings is 1. The van der Waals surface area contributed by atoms with Crippen molar-refractivity contribution in [2.75, 3.05) is 11.2 Å². The molecule has 3 nitrogen and oxygen atoms in total. The van der Waals surface area contributed by atoms with Crippen molar-refractivity contribution in [3.8, 4) is 0 Å². The summed E-state index contributed by atoms with van der Waals surface area (Å²) >= 11 is 3.46. The highest BCUT2D eigenvalue weighted by molar-refractivity contribution is 9.10. The molecule has 2 aromatic rings. The van der Waals surface area contributed by atoms with E-state index in [0.717, 1.165) is 33.5 Å². The Kier molecular flexibility index (Phi) is 5.77. The Hall–Kier alpha value is -0.590. The molecule has 1 unspecified atom stereocenters. The van der Waals surface area contributed by atoms with Crippen LogP contribution in [0.25, 0.3) is 10.9 Å². The predicted molar refractivity (Wildman–Crippen MR) is 101 cm³/mol. The van der Waals surface area contributed by atoms with Crippen molar-refractivity contribution in [1.82, 2.24) is 4.68 Å². The number of nitrogens with zero attached hydrogens (tertiary/aromatic N) is 1. The zero-order valence-electron chi connectivity index (χ0n) is 12.3. The molecule has 0 spiro atoms. The number of fused-ring (bicyclic) bond motifs is 1. The first kappa shape index (κ1) is 16.3. The van der Waals surface area contributed by atoms with E-state index in [1.54, 1.807) is 0 Å². The maximum atomic E-state index is 12.1. The number of halogens is 1. The third-order valence-electron chi connectivity index (χ3n) is 3.80. The molecule has 6 heteroatoms. The lowest BCUT2D eigenvalue weighted by Gasteiger charge is -2.09. The molecule has 0 radical (unpaired) electrons. The molecular formula is C16H19BrN2OS2. The summed E-state index contributed by atoms with van der Waals surface area (Å²) in [5.41, 5.74) is 3.99. The second-order valence-corrected chi connectivity index (χ2v) is 9.20. The van der Waals surface area contributed by atoms with Crippen molar-refractivity contribution in [2.45, 2.75) is 37.4 Å². The highest BCUT2D eigenvalue weighted by Gasteiger charge is 2.15. The molecule has 22 heavy (non-hydrogen) atoms. The SMILES string of the molecule is O=C(CCCCC1CCSS1)Nn1ccc2cc(Br)ccc21. The molecule has 1 aromatic carbocycles. The summed E-state index contributed by atoms with van der Waals surface area (Å²) in [7, 11) is 4.00. The molecule has 0 saturated carbocycles. The molecule has 118 valence electrons. The van der Waals surface area contributed by atoms with Crippen molar-refractivity contribution >= 4 is 54.3 Å². The van der Waals surface area contributed by atoms with Gasteiger partial charge < -0.3 is 0 Å². The smallest absolute Gasteiger partial charge is 0.238 e. The summed E-state index contributed by atoms with van der Waals surface area (Å²) in [5.74, 6) is 1.38. The van der Waals surface area contributed by atoms with Crippen molar-refractivity contribution < 1.29 is 4.79 Å². The molecule has 1 fully saturated rings. The van der Waals surface area contributed by atoms with Crippen LogP contribution in [0.1, 0.15) is 32.1 Å². The van der Waals surface area contributed by atoms with Gasteiger partial charge in [-0.3, -0.25) is 14.9 Å². The first-order valence-corrected chi connectivity index (χ1v) is 10.7. The number of amides is 1. The highest BCUT2D eigenvalue weighted by Crippen LogP contribution is 2.39. The molecule has 1 aliphatic rings. The summed E-state index contributed by atoms with van der Waals surface area (Å²) < 4.78 is 2.86. The molecule has 1 saturated heterocycles. The van der Waals surface area contributed by atoms with Crippen molar-refractivity contribution in [1.29, 1.82) is 0 Å². The monoisotopic (exact) mass is 398 g/mol. The minimum absolute atomic E-state index is 0.0915. The maximum absolute atomic E-state index is 12.1. The van der Waals surface area contributed by atoms with Crippen LogP contribution >= 0.6 is 37.5 Å². The lowest BCUT2D eigenvalue weighted by Crippen LogP contribution is -2.21. The maximum Gasteiger partial charge on any atom is 0.238 e. The highest BCUT2D eigenvalue weighted by atomic mass is 79.9. The van der Waals surface area contributed by atoms with E-state index in [1.807, 2.05) is 50.7 Å². The standard InChI is InChI=1S/C16H19BrN2OS2/c17-13-5-6-15-12(11-13)7-9-19(15)18-16(20)4-2-1-3-14-8-10-21-22-14/h5-7,9,11,14H,1-4,8,10H2,(H,18,20). The number of hydrogen-bond donors (Lipinski definition) is 1. The van der Waals surface area contributed by atoms with Crippen LogP contribution in [0.4, 0.5) is 0 Å². The van der Waals surface area contributed by atoms with Gasteiger partial charge in [-0.1, -0.05) is 43.9 Å². The molecule has 0 aliphatic carbocycles. The van der Waals surface area contributed by atoms with E-state index >= 15 is 0 Å². The molecule has 1 aromatic heterocycles. The Balaban J connectivity index is 1.46. The van der Waals surface area contributed by atoms with E-state index in [0.29, 0.717) is 6.42 Å². The van der Waals surface area contributed by atoms with Gasteiger partial charge in [-0.05, 0) is 43.5 Å². The third kappa shape index (κ3) is 4.24. The number of carbonyl (C=O) groups excluding carboxylic acids is 1. The Morgan fingerprint density at radius 1 is 1.36 bits per heavy atom. The first-order chi connectivity index (χ1) is 10.7. The Morgan fingerprint density at radius 2 is 2.27 bits per heavy atom. The number of unbranched alkanes of at least 4 members (excludes halogenated alkanes) is 1. The van der Waals surface area contributed by atoms with Gasteiger partial charge in [0.05, 0.1) is 5.52 Å². The summed E-state index contributed by atoms with van der Waals surface area (Å²) in [6, 6.07) is 8.06. The summed E-state index contributed by atoms with van der Waals surface area (Å²) in [6.45, 7) is 0. The number of aromatic nitrogens is 1. The first-order valence-electron chi connectivity index (χ1n) is 7.57. The van der Waals surface area contributed by atoms with Crippen LogP contribution in [0.15, 0.2) is 34.9 Å². The van der Waals surface area contributed by atoms with Crippen LogP contribution in [0.5, 0.6) is 0 Å². The summed E-state index contributed by atoms with van der Waals surface area (Å²) in [5, 5.41) is 1.92. The topological polar surface area (TPSA) is 34.0 Å². The Bertz CT molecular complexity index is 653. The Labute approximate surface area is 147 Å². The summed E-state index contributed by atoms with van der Waals surface area (Å²) in [4.78, 5) is 12.1. The van der Waals surface area contributed by atoms with Gasteiger partial charge in [0.25, 0.3) is 0 Å². The van der Waals surface area contributed by atoms with Crippen molar-refractivity contribution in [2.24, 2.45) is 0 Å². The van der Waals surface area contributed by atoms with Crippen LogP contribution in [0, 0.1) is 0 Å². The van der Waals surface area contributed by atoms with Crippen molar-refractivity contribution in [3.05, 3.63) is 34.9 Å². The average molecular weight is 399 g/mol. The second kappa shape index (κ2) is 7.79. The molecule has 0 bridgehead atoms. The van der Waals surface area contributed by atoms with Gasteiger partial charge >= 0.3 is 0 Å². The Morgan fingerprint density at radius 3 is 3.09 bits per heavy atom. The van der Waals surface area contributed by atoms with Crippen LogP contribution in [0.2, 0.25) is 0 Å². The van der Waals surface area contributed by atoms with E-state index in [2.05, 4.69) is 27.4 Å². The fourth-order valence-corrected chi connectivity index (χ4v) is 6.03. The van der Waals surface area contributed by atoms with Gasteiger partial charge in [-0.15, -0.1) is 0 Å². The number of hydrogen-bond acceptors (Lipinski definition) is 3. The zero-order chi connectivity index (χ0) is 15.4. The number of nitrogens with one attached hydrogen (secondary N) is 1. The lowest BCUT2D eigenvalue weighted by molar-refractivity contribution is -0.117. The average Bonchev–Trinajstić information content (AvgIpc) is 3.14. The molecule has 2 heterocycles. The van der Waals surface area contributed by atoms with E-state index < -0.39 is 0 Å². The largest absolute Gasteiger partial charge is 0.273 e. The van der Waals surface area contributed by atoms with Gasteiger partial charge in [-0.2, -0.15) is 0 Å². The quantitative estimate of drug-likeness (QED) is 0.536. The zero-order valence-corrected chi connectivity index (χ0v) is 15.5. The lowest BCUT2D eigenvalue weighted by atomic mass is 10.1. The second-order valence-electron chi connectivity index (χ2n) is 5.50. The van der Waals surface area contributed by atoms with Crippen LogP contribution < -0.4 is 5.43 Å². The van der Waals surface area contributed by atoms with Crippen molar-refractivity contribution in [3.63, 3.8) is 0 Å². The molecular weight excluding hydrogens is 380 g/mol. The van der Waals surface area contributed by atoms with E-state index in [1.165, 1.54) is 18.6 Å². The molecule has 1 atom stereocenters. The fraction of sp³-hybridized carbons (Fsp3) is 0.438. The van der Waals surface area contributed by atoms with E-state index in [-0.39, 0.29) is 5.91 Å². The molecule has 1 amide bonds. The van der Waals surface area contributed by atoms with E-state index in [4.69, 9.17) is 0 Å². The van der Waals surface area contributed by atoms with Gasteiger partial charge in [-0.25, -0.2) is 0 Å².